The van der Waals surface area contributed by atoms with Crippen molar-refractivity contribution in [1.82, 2.24) is 4.98 Å². The molecule has 0 aliphatic carbocycles. The number of nitrogens with zero attached hydrogens (tertiary/aromatic N) is 1. The van der Waals surface area contributed by atoms with E-state index in [0.717, 1.165) is 11.9 Å². The van der Waals surface area contributed by atoms with E-state index < -0.39 is 10.1 Å². The lowest BCUT2D eigenvalue weighted by atomic mass is 10.4. The average molecular weight is 313 g/mol. The van der Waals surface area contributed by atoms with Crippen LogP contribution < -0.4 is 4.18 Å². The number of pyridine rings is 1. The summed E-state index contributed by atoms with van der Waals surface area (Å²) in [5.74, 6) is 0.272. The predicted octanol–water partition coefficient (Wildman–Crippen LogP) is 1.33. The summed E-state index contributed by atoms with van der Waals surface area (Å²) >= 11 is 1.93. The maximum atomic E-state index is 10.8. The highest BCUT2D eigenvalue weighted by Crippen LogP contribution is 2.19. The van der Waals surface area contributed by atoms with Crippen molar-refractivity contribution in [2.75, 3.05) is 6.26 Å². The van der Waals surface area contributed by atoms with Gasteiger partial charge >= 0.3 is 10.1 Å². The second kappa shape index (κ2) is 3.79. The Kier molecular flexibility index (Phi) is 3.12. The third kappa shape index (κ3) is 3.47. The van der Waals surface area contributed by atoms with E-state index in [1.165, 1.54) is 0 Å². The standard InChI is InChI=1S/C7H8INO3S/c1-5-3-4-6(7(8)9-5)12-13(2,10)11/h3-4H,1-2H3. The second-order valence-electron chi connectivity index (χ2n) is 2.53. The summed E-state index contributed by atoms with van der Waals surface area (Å²) in [6.45, 7) is 1.83. The van der Waals surface area contributed by atoms with Gasteiger partial charge in [0.2, 0.25) is 0 Å². The molecule has 72 valence electrons. The van der Waals surface area contributed by atoms with Crippen LogP contribution in [0.1, 0.15) is 5.69 Å². The maximum absolute atomic E-state index is 10.8. The molecular formula is C7H8INO3S. The van der Waals surface area contributed by atoms with Gasteiger partial charge in [0.15, 0.2) is 5.75 Å². The van der Waals surface area contributed by atoms with Gasteiger partial charge in [-0.25, -0.2) is 4.98 Å². The van der Waals surface area contributed by atoms with Gasteiger partial charge in [0.25, 0.3) is 0 Å². The molecule has 0 spiro atoms. The van der Waals surface area contributed by atoms with Crippen molar-refractivity contribution in [3.8, 4) is 5.75 Å². The van der Waals surface area contributed by atoms with Crippen molar-refractivity contribution in [2.24, 2.45) is 0 Å². The fourth-order valence-electron chi connectivity index (χ4n) is 0.737. The van der Waals surface area contributed by atoms with E-state index in [4.69, 9.17) is 0 Å². The zero-order valence-corrected chi connectivity index (χ0v) is 10.1. The average Bonchev–Trinajstić information content (AvgIpc) is 1.93. The number of halogens is 1. The number of hydrogen-bond donors (Lipinski definition) is 0. The molecule has 0 saturated heterocycles. The van der Waals surface area contributed by atoms with Gasteiger partial charge in [-0.3, -0.25) is 0 Å². The van der Waals surface area contributed by atoms with Crippen LogP contribution in [0.25, 0.3) is 0 Å². The summed E-state index contributed by atoms with van der Waals surface area (Å²) in [5, 5.41) is 0. The third-order valence-electron chi connectivity index (χ3n) is 1.19. The van der Waals surface area contributed by atoms with E-state index in [1.54, 1.807) is 12.1 Å². The summed E-state index contributed by atoms with van der Waals surface area (Å²) in [7, 11) is -3.46. The summed E-state index contributed by atoms with van der Waals surface area (Å²) in [6.07, 6.45) is 1.00. The highest BCUT2D eigenvalue weighted by molar-refractivity contribution is 14.1. The number of aromatic nitrogens is 1. The molecule has 0 amide bonds. The second-order valence-corrected chi connectivity index (χ2v) is 5.13. The van der Waals surface area contributed by atoms with Crippen LogP contribution in [0.3, 0.4) is 0 Å². The molecule has 0 N–H and O–H groups in total. The van der Waals surface area contributed by atoms with Gasteiger partial charge < -0.3 is 4.18 Å². The quantitative estimate of drug-likeness (QED) is 0.470. The Morgan fingerprint density at radius 1 is 1.46 bits per heavy atom. The van der Waals surface area contributed by atoms with Gasteiger partial charge in [-0.2, -0.15) is 8.42 Å². The largest absolute Gasteiger partial charge is 0.380 e. The lowest BCUT2D eigenvalue weighted by Crippen LogP contribution is -2.07. The summed E-state index contributed by atoms with van der Waals surface area (Å²) in [4.78, 5) is 4.05. The highest BCUT2D eigenvalue weighted by Gasteiger charge is 2.08. The van der Waals surface area contributed by atoms with Crippen LogP contribution in [0, 0.1) is 10.6 Å². The molecule has 1 aromatic rings. The molecule has 0 aliphatic rings. The molecule has 13 heavy (non-hydrogen) atoms. The van der Waals surface area contributed by atoms with Crippen molar-refractivity contribution in [3.63, 3.8) is 0 Å². The van der Waals surface area contributed by atoms with Crippen LogP contribution in [0.2, 0.25) is 0 Å². The molecule has 4 nitrogen and oxygen atoms in total. The maximum Gasteiger partial charge on any atom is 0.306 e. The molecule has 0 radical (unpaired) electrons. The number of aryl methyl sites for hydroxylation is 1. The normalized spacial score (nSPS) is 11.3. The molecular weight excluding hydrogens is 305 g/mol. The van der Waals surface area contributed by atoms with Crippen LogP contribution in [-0.2, 0) is 10.1 Å². The van der Waals surface area contributed by atoms with E-state index in [1.807, 2.05) is 29.5 Å². The van der Waals surface area contributed by atoms with Gasteiger partial charge in [-0.05, 0) is 41.6 Å². The summed E-state index contributed by atoms with van der Waals surface area (Å²) < 4.78 is 26.8. The van der Waals surface area contributed by atoms with E-state index in [2.05, 4.69) is 9.17 Å². The Hall–Kier alpha value is -0.370. The first-order chi connectivity index (χ1) is 5.88. The Balaban J connectivity index is 3.04. The minimum absolute atomic E-state index is 0.272. The van der Waals surface area contributed by atoms with Crippen molar-refractivity contribution < 1.29 is 12.6 Å². The van der Waals surface area contributed by atoms with Crippen LogP contribution in [0.15, 0.2) is 12.1 Å². The first-order valence-corrected chi connectivity index (χ1v) is 6.30. The topological polar surface area (TPSA) is 56.3 Å². The van der Waals surface area contributed by atoms with Gasteiger partial charge in [0, 0.05) is 5.69 Å². The lowest BCUT2D eigenvalue weighted by molar-refractivity contribution is 0.489. The zero-order chi connectivity index (χ0) is 10.1. The van der Waals surface area contributed by atoms with E-state index >= 15 is 0 Å². The minimum atomic E-state index is -3.46. The molecule has 0 aliphatic heterocycles. The minimum Gasteiger partial charge on any atom is -0.380 e. The van der Waals surface area contributed by atoms with Crippen LogP contribution in [0.4, 0.5) is 0 Å². The molecule has 1 heterocycles. The molecule has 1 aromatic heterocycles. The van der Waals surface area contributed by atoms with Crippen molar-refractivity contribution >= 4 is 32.7 Å². The molecule has 0 atom stereocenters. The monoisotopic (exact) mass is 313 g/mol. The predicted molar refractivity (Wildman–Crippen MR) is 57.2 cm³/mol. The molecule has 0 fully saturated rings. The lowest BCUT2D eigenvalue weighted by Gasteiger charge is -2.04. The Bertz CT molecular complexity index is 416. The fraction of sp³-hybridized carbons (Fsp3) is 0.286. The smallest absolute Gasteiger partial charge is 0.306 e. The van der Waals surface area contributed by atoms with E-state index in [0.29, 0.717) is 3.70 Å². The SMILES string of the molecule is Cc1ccc(OS(C)(=O)=O)c(I)n1. The third-order valence-corrected chi connectivity index (χ3v) is 2.45. The Morgan fingerprint density at radius 3 is 2.54 bits per heavy atom. The van der Waals surface area contributed by atoms with Crippen LogP contribution in [0.5, 0.6) is 5.75 Å². The van der Waals surface area contributed by atoms with Crippen LogP contribution >= 0.6 is 22.6 Å². The van der Waals surface area contributed by atoms with Gasteiger partial charge in [0.1, 0.15) is 3.70 Å². The number of hydrogen-bond acceptors (Lipinski definition) is 4. The molecule has 0 unspecified atom stereocenters. The fourth-order valence-corrected chi connectivity index (χ4v) is 2.02. The molecule has 0 saturated carbocycles. The van der Waals surface area contributed by atoms with Gasteiger partial charge in [0.05, 0.1) is 6.26 Å². The van der Waals surface area contributed by atoms with Gasteiger partial charge in [-0.15, -0.1) is 0 Å². The zero-order valence-electron chi connectivity index (χ0n) is 7.11. The summed E-state index contributed by atoms with van der Waals surface area (Å²) in [6, 6.07) is 3.29. The van der Waals surface area contributed by atoms with Crippen molar-refractivity contribution in [3.05, 3.63) is 21.5 Å². The summed E-state index contributed by atoms with van der Waals surface area (Å²) in [5.41, 5.74) is 0.824. The van der Waals surface area contributed by atoms with Gasteiger partial charge in [-0.1, -0.05) is 0 Å². The molecule has 6 heteroatoms. The Labute approximate surface area is 90.6 Å². The first kappa shape index (κ1) is 10.7. The van der Waals surface area contributed by atoms with Crippen molar-refractivity contribution in [1.29, 1.82) is 0 Å². The van der Waals surface area contributed by atoms with Crippen LogP contribution in [-0.4, -0.2) is 19.7 Å². The number of rotatable bonds is 2. The molecule has 0 aromatic carbocycles. The van der Waals surface area contributed by atoms with Crippen molar-refractivity contribution in [2.45, 2.75) is 6.92 Å². The first-order valence-electron chi connectivity index (χ1n) is 3.41. The highest BCUT2D eigenvalue weighted by atomic mass is 127. The van der Waals surface area contributed by atoms with E-state index in [9.17, 15) is 8.42 Å². The molecule has 0 bridgehead atoms. The molecule has 1 rings (SSSR count). The van der Waals surface area contributed by atoms with E-state index in [-0.39, 0.29) is 5.75 Å². The Morgan fingerprint density at radius 2 is 2.08 bits per heavy atom.